The van der Waals surface area contributed by atoms with Crippen molar-refractivity contribution in [3.05, 3.63) is 42.7 Å². The van der Waals surface area contributed by atoms with Crippen LogP contribution in [-0.2, 0) is 9.47 Å². The molecule has 4 heterocycles. The van der Waals surface area contributed by atoms with Gasteiger partial charge in [0.1, 0.15) is 17.5 Å². The Labute approximate surface area is 261 Å². The topological polar surface area (TPSA) is 89.9 Å². The highest BCUT2D eigenvalue weighted by molar-refractivity contribution is 6.76. The molecule has 2 bridgehead atoms. The van der Waals surface area contributed by atoms with Crippen LogP contribution in [0.2, 0.25) is 25.7 Å². The first-order chi connectivity index (χ1) is 20.8. The highest BCUT2D eigenvalue weighted by Gasteiger charge is 2.50. The second-order valence-electron chi connectivity index (χ2n) is 14.2. The van der Waals surface area contributed by atoms with E-state index in [4.69, 9.17) is 14.2 Å². The fraction of sp³-hybridized carbons (Fsp3) is 0.576. The first kappa shape index (κ1) is 32.1. The number of hydrogen-bond donors (Lipinski definition) is 0. The largest absolute Gasteiger partial charge is 0.467 e. The summed E-state index contributed by atoms with van der Waals surface area (Å²) < 4.78 is 33.7. The molecule has 9 nitrogen and oxygen atoms in total. The third-order valence-electron chi connectivity index (χ3n) is 8.46. The van der Waals surface area contributed by atoms with Gasteiger partial charge in [0.25, 0.3) is 0 Å². The van der Waals surface area contributed by atoms with E-state index in [1.54, 1.807) is 11.1 Å². The van der Waals surface area contributed by atoms with Crippen molar-refractivity contribution in [2.45, 2.75) is 102 Å². The molecule has 238 valence electrons. The van der Waals surface area contributed by atoms with E-state index in [1.807, 2.05) is 69.2 Å². The molecule has 5 rings (SSSR count). The van der Waals surface area contributed by atoms with Gasteiger partial charge in [0.05, 0.1) is 17.8 Å². The lowest BCUT2D eigenvalue weighted by Gasteiger charge is -2.52. The van der Waals surface area contributed by atoms with Crippen molar-refractivity contribution < 1.29 is 23.4 Å². The predicted octanol–water partition coefficient (Wildman–Crippen LogP) is 7.09. The molecule has 0 spiro atoms. The molecule has 4 atom stereocenters. The first-order valence-electron chi connectivity index (χ1n) is 15.6. The first-order valence-corrected chi connectivity index (χ1v) is 19.3. The SMILES string of the molecule is CN(c1ccc(-c2cc3cnccc3cc2OCOCC[Si](C)(C)C)nn1)C1CC2CCCC(C1F)N2C(=O)OC(C)(C)C. The van der Waals surface area contributed by atoms with Crippen LogP contribution < -0.4 is 9.64 Å². The maximum atomic E-state index is 16.1. The molecule has 0 aliphatic carbocycles. The second-order valence-corrected chi connectivity index (χ2v) is 19.8. The summed E-state index contributed by atoms with van der Waals surface area (Å²) in [6.07, 6.45) is 4.76. The third-order valence-corrected chi connectivity index (χ3v) is 10.2. The number of rotatable bonds is 9. The highest BCUT2D eigenvalue weighted by atomic mass is 28.3. The van der Waals surface area contributed by atoms with Gasteiger partial charge in [-0.3, -0.25) is 9.88 Å². The van der Waals surface area contributed by atoms with Gasteiger partial charge in [-0.15, -0.1) is 10.2 Å². The van der Waals surface area contributed by atoms with Crippen LogP contribution in [0.3, 0.4) is 0 Å². The summed E-state index contributed by atoms with van der Waals surface area (Å²) in [5, 5.41) is 11.0. The maximum Gasteiger partial charge on any atom is 0.410 e. The van der Waals surface area contributed by atoms with E-state index in [0.29, 0.717) is 36.7 Å². The molecule has 11 heteroatoms. The molecular weight excluding hydrogens is 577 g/mol. The van der Waals surface area contributed by atoms with E-state index < -0.39 is 38.0 Å². The predicted molar refractivity (Wildman–Crippen MR) is 174 cm³/mol. The zero-order valence-electron chi connectivity index (χ0n) is 27.0. The fourth-order valence-corrected chi connectivity index (χ4v) is 6.85. The minimum atomic E-state index is -1.24. The summed E-state index contributed by atoms with van der Waals surface area (Å²) in [5.41, 5.74) is 0.790. The summed E-state index contributed by atoms with van der Waals surface area (Å²) in [4.78, 5) is 20.8. The Kier molecular flexibility index (Phi) is 9.46. The Hall–Kier alpha value is -3.31. The van der Waals surface area contributed by atoms with E-state index in [-0.39, 0.29) is 12.8 Å². The molecule has 2 aromatic heterocycles. The lowest BCUT2D eigenvalue weighted by molar-refractivity contribution is -0.0467. The van der Waals surface area contributed by atoms with Gasteiger partial charge in [0, 0.05) is 51.1 Å². The number of aromatic nitrogens is 3. The Morgan fingerprint density at radius 2 is 1.91 bits per heavy atom. The standard InChI is InChI=1S/C33H46FN5O4Si/c1-33(2,3)43-32(40)39-24-9-8-10-27(39)31(34)28(19-24)38(4)30-12-11-26(36-37-30)25-17-23-20-35-14-13-22(23)18-29(25)42-21-41-15-16-44(5,6)7/h11-14,17-18,20,24,27-28,31H,8-10,15-16,19,21H2,1-7H3. The van der Waals surface area contributed by atoms with Gasteiger partial charge in [0.15, 0.2) is 12.6 Å². The van der Waals surface area contributed by atoms with Gasteiger partial charge in [0.2, 0.25) is 0 Å². The summed E-state index contributed by atoms with van der Waals surface area (Å²) >= 11 is 0. The van der Waals surface area contributed by atoms with E-state index >= 15 is 4.39 Å². The smallest absolute Gasteiger partial charge is 0.410 e. The molecule has 0 radical (unpaired) electrons. The average Bonchev–Trinajstić information content (AvgIpc) is 2.96. The van der Waals surface area contributed by atoms with Crippen LogP contribution in [0.15, 0.2) is 42.7 Å². The molecule has 2 saturated heterocycles. The number of anilines is 1. The van der Waals surface area contributed by atoms with Crippen molar-refractivity contribution >= 4 is 30.8 Å². The van der Waals surface area contributed by atoms with Crippen molar-refractivity contribution in [1.29, 1.82) is 0 Å². The van der Waals surface area contributed by atoms with Gasteiger partial charge < -0.3 is 19.1 Å². The Morgan fingerprint density at radius 1 is 1.11 bits per heavy atom. The van der Waals surface area contributed by atoms with E-state index in [9.17, 15) is 4.79 Å². The number of piperidine rings is 2. The number of nitrogens with zero attached hydrogens (tertiary/aromatic N) is 5. The number of pyridine rings is 1. The number of halogens is 1. The molecule has 44 heavy (non-hydrogen) atoms. The van der Waals surface area contributed by atoms with Crippen LogP contribution in [0.4, 0.5) is 15.0 Å². The number of carbonyl (C=O) groups excluding carboxylic acids is 1. The van der Waals surface area contributed by atoms with Crippen LogP contribution >= 0.6 is 0 Å². The Balaban J connectivity index is 1.33. The summed E-state index contributed by atoms with van der Waals surface area (Å²) in [5.74, 6) is 1.23. The van der Waals surface area contributed by atoms with Crippen molar-refractivity contribution in [3.8, 4) is 17.0 Å². The minimum Gasteiger partial charge on any atom is -0.467 e. The van der Waals surface area contributed by atoms with Crippen LogP contribution in [0.1, 0.15) is 46.5 Å². The number of amides is 1. The van der Waals surface area contributed by atoms with Crippen LogP contribution in [-0.4, -0.2) is 84.6 Å². The van der Waals surface area contributed by atoms with E-state index in [2.05, 4.69) is 34.8 Å². The maximum absolute atomic E-state index is 16.1. The van der Waals surface area contributed by atoms with Gasteiger partial charge in [-0.25, -0.2) is 9.18 Å². The van der Waals surface area contributed by atoms with Gasteiger partial charge in [-0.2, -0.15) is 0 Å². The second kappa shape index (κ2) is 13.0. The summed E-state index contributed by atoms with van der Waals surface area (Å²) in [6, 6.07) is 9.71. The summed E-state index contributed by atoms with van der Waals surface area (Å²) in [6.45, 7) is 13.3. The zero-order valence-corrected chi connectivity index (χ0v) is 28.0. The number of hydrogen-bond acceptors (Lipinski definition) is 8. The van der Waals surface area contributed by atoms with E-state index in [1.165, 1.54) is 0 Å². The van der Waals surface area contributed by atoms with E-state index in [0.717, 1.165) is 35.2 Å². The molecule has 2 fully saturated rings. The molecule has 2 aliphatic heterocycles. The monoisotopic (exact) mass is 623 g/mol. The van der Waals surface area contributed by atoms with Crippen LogP contribution in [0.5, 0.6) is 5.75 Å². The quantitative estimate of drug-likeness (QED) is 0.142. The Morgan fingerprint density at radius 3 is 2.61 bits per heavy atom. The number of carbonyl (C=O) groups is 1. The number of fused-ring (bicyclic) bond motifs is 3. The van der Waals surface area contributed by atoms with Gasteiger partial charge >= 0.3 is 6.09 Å². The number of benzene rings is 1. The Bertz CT molecular complexity index is 1440. The molecule has 1 aromatic carbocycles. The summed E-state index contributed by atoms with van der Waals surface area (Å²) in [7, 11) is 0.657. The average molecular weight is 624 g/mol. The van der Waals surface area contributed by atoms with Crippen LogP contribution in [0, 0.1) is 0 Å². The third kappa shape index (κ3) is 7.48. The molecule has 4 unspecified atom stereocenters. The molecule has 1 amide bonds. The normalized spacial score (nSPS) is 22.1. The van der Waals surface area contributed by atoms with Crippen molar-refractivity contribution in [2.24, 2.45) is 0 Å². The molecular formula is C33H46FN5O4Si. The zero-order chi connectivity index (χ0) is 31.6. The van der Waals surface area contributed by atoms with Crippen LogP contribution in [0.25, 0.3) is 22.0 Å². The number of alkyl halides is 1. The lowest BCUT2D eigenvalue weighted by Crippen LogP contribution is -2.65. The molecule has 0 N–H and O–H groups in total. The lowest BCUT2D eigenvalue weighted by atomic mass is 9.80. The van der Waals surface area contributed by atoms with Crippen molar-refractivity contribution in [1.82, 2.24) is 20.1 Å². The molecule has 3 aromatic rings. The van der Waals surface area contributed by atoms with Crippen molar-refractivity contribution in [2.75, 3.05) is 25.3 Å². The molecule has 0 saturated carbocycles. The van der Waals surface area contributed by atoms with Gasteiger partial charge in [-0.1, -0.05) is 19.6 Å². The molecule has 2 aliphatic rings. The van der Waals surface area contributed by atoms with Crippen molar-refractivity contribution in [3.63, 3.8) is 0 Å². The number of ether oxygens (including phenoxy) is 3. The highest BCUT2D eigenvalue weighted by Crippen LogP contribution is 2.40. The van der Waals surface area contributed by atoms with Gasteiger partial charge in [-0.05, 0) is 88.2 Å². The minimum absolute atomic E-state index is 0.0749. The fourth-order valence-electron chi connectivity index (χ4n) is 6.10.